The van der Waals surface area contributed by atoms with E-state index in [1.807, 2.05) is 38.1 Å². The van der Waals surface area contributed by atoms with E-state index < -0.39 is 5.97 Å². The second-order valence-corrected chi connectivity index (χ2v) is 6.35. The maximum atomic E-state index is 11.7. The summed E-state index contributed by atoms with van der Waals surface area (Å²) in [6.07, 6.45) is 1.38. The van der Waals surface area contributed by atoms with Gasteiger partial charge in [0.1, 0.15) is 0 Å². The molecule has 1 aromatic rings. The number of carboxylic acids is 1. The number of anilines is 1. The van der Waals surface area contributed by atoms with Gasteiger partial charge in [0.05, 0.1) is 6.42 Å². The molecule has 0 fully saturated rings. The van der Waals surface area contributed by atoms with E-state index in [1.54, 1.807) is 11.8 Å². The van der Waals surface area contributed by atoms with Crippen molar-refractivity contribution in [1.29, 1.82) is 0 Å². The number of aliphatic carboxylic acids is 1. The molecule has 0 heterocycles. The number of carboxylic acid groups (broad SMARTS) is 1. The first-order valence-corrected chi connectivity index (χ1v) is 7.72. The molecule has 0 aromatic heterocycles. The van der Waals surface area contributed by atoms with Gasteiger partial charge in [-0.25, -0.2) is 0 Å². The summed E-state index contributed by atoms with van der Waals surface area (Å²) in [4.78, 5) is 22.2. The van der Waals surface area contributed by atoms with Crippen molar-refractivity contribution in [1.82, 2.24) is 0 Å². The van der Waals surface area contributed by atoms with Crippen molar-refractivity contribution in [3.05, 3.63) is 29.8 Å². The highest BCUT2D eigenvalue weighted by Crippen LogP contribution is 2.16. The zero-order chi connectivity index (χ0) is 15.0. The van der Waals surface area contributed by atoms with E-state index in [0.29, 0.717) is 6.42 Å². The Balaban J connectivity index is 2.19. The molecule has 0 bridgehead atoms. The lowest BCUT2D eigenvalue weighted by Crippen LogP contribution is -2.12. The summed E-state index contributed by atoms with van der Waals surface area (Å²) in [6, 6.07) is 7.70. The number of thioether (sulfide) groups is 1. The van der Waals surface area contributed by atoms with Crippen LogP contribution in [0.1, 0.15) is 31.7 Å². The van der Waals surface area contributed by atoms with Gasteiger partial charge in [0.2, 0.25) is 5.91 Å². The van der Waals surface area contributed by atoms with Crippen LogP contribution in [-0.4, -0.2) is 28.0 Å². The molecule has 2 N–H and O–H groups in total. The number of aryl methyl sites for hydroxylation is 1. The third kappa shape index (κ3) is 7.19. The first kappa shape index (κ1) is 16.6. The van der Waals surface area contributed by atoms with Gasteiger partial charge in [-0.1, -0.05) is 19.1 Å². The molecule has 0 aliphatic heterocycles. The van der Waals surface area contributed by atoms with E-state index in [-0.39, 0.29) is 17.6 Å². The molecule has 1 aromatic carbocycles. The summed E-state index contributed by atoms with van der Waals surface area (Å²) in [5.41, 5.74) is 1.93. The fraction of sp³-hybridized carbons (Fsp3) is 0.467. The first-order chi connectivity index (χ1) is 9.47. The number of carbonyl (C=O) groups excluding carboxylic acids is 1. The quantitative estimate of drug-likeness (QED) is 0.722. The number of amides is 1. The molecule has 1 atom stereocenters. The van der Waals surface area contributed by atoms with Crippen LogP contribution in [0.5, 0.6) is 0 Å². The fourth-order valence-electron chi connectivity index (χ4n) is 1.77. The molecule has 5 heteroatoms. The number of carbonyl (C=O) groups is 2. The zero-order valence-corrected chi connectivity index (χ0v) is 12.7. The molecular weight excluding hydrogens is 274 g/mol. The molecule has 0 aliphatic rings. The van der Waals surface area contributed by atoms with Crippen molar-refractivity contribution >= 4 is 29.3 Å². The van der Waals surface area contributed by atoms with E-state index in [2.05, 4.69) is 5.32 Å². The van der Waals surface area contributed by atoms with Gasteiger partial charge in [-0.15, -0.1) is 0 Å². The third-order valence-corrected chi connectivity index (χ3v) is 3.97. The summed E-state index contributed by atoms with van der Waals surface area (Å²) in [7, 11) is 0. The number of rotatable bonds is 8. The Kier molecular flexibility index (Phi) is 7.15. The number of benzene rings is 1. The van der Waals surface area contributed by atoms with Crippen molar-refractivity contribution in [3.8, 4) is 0 Å². The lowest BCUT2D eigenvalue weighted by molar-refractivity contribution is -0.136. The molecule has 0 spiro atoms. The van der Waals surface area contributed by atoms with Gasteiger partial charge in [0.25, 0.3) is 0 Å². The van der Waals surface area contributed by atoms with E-state index in [4.69, 9.17) is 5.11 Å². The number of hydrogen-bond acceptors (Lipinski definition) is 3. The Morgan fingerprint density at radius 2 is 2.15 bits per heavy atom. The minimum absolute atomic E-state index is 0.00193. The van der Waals surface area contributed by atoms with Crippen molar-refractivity contribution in [3.63, 3.8) is 0 Å². The average Bonchev–Trinajstić information content (AvgIpc) is 2.34. The Labute approximate surface area is 124 Å². The molecule has 110 valence electrons. The second kappa shape index (κ2) is 8.64. The number of hydrogen-bond donors (Lipinski definition) is 2. The van der Waals surface area contributed by atoms with Crippen molar-refractivity contribution in [2.45, 2.75) is 38.4 Å². The van der Waals surface area contributed by atoms with Gasteiger partial charge in [-0.3, -0.25) is 9.59 Å². The highest BCUT2D eigenvalue weighted by Gasteiger charge is 2.08. The predicted octanol–water partition coefficient (Wildman–Crippen LogP) is 3.31. The van der Waals surface area contributed by atoms with Crippen LogP contribution in [0.15, 0.2) is 24.3 Å². The van der Waals surface area contributed by atoms with E-state index in [1.165, 1.54) is 0 Å². The highest BCUT2D eigenvalue weighted by molar-refractivity contribution is 7.99. The zero-order valence-electron chi connectivity index (χ0n) is 11.9. The van der Waals surface area contributed by atoms with Gasteiger partial charge in [0.15, 0.2) is 0 Å². The van der Waals surface area contributed by atoms with Gasteiger partial charge < -0.3 is 10.4 Å². The first-order valence-electron chi connectivity index (χ1n) is 6.67. The van der Waals surface area contributed by atoms with E-state index in [9.17, 15) is 9.59 Å². The van der Waals surface area contributed by atoms with Crippen LogP contribution in [0, 0.1) is 6.92 Å². The second-order valence-electron chi connectivity index (χ2n) is 4.80. The van der Waals surface area contributed by atoms with Crippen LogP contribution in [0.2, 0.25) is 0 Å². The molecule has 1 amide bonds. The van der Waals surface area contributed by atoms with Gasteiger partial charge >= 0.3 is 5.97 Å². The Hall–Kier alpha value is -1.49. The lowest BCUT2D eigenvalue weighted by Gasteiger charge is -2.08. The normalized spacial score (nSPS) is 11.9. The maximum Gasteiger partial charge on any atom is 0.304 e. The summed E-state index contributed by atoms with van der Waals surface area (Å²) in [5, 5.41) is 11.6. The van der Waals surface area contributed by atoms with Crippen LogP contribution in [-0.2, 0) is 9.59 Å². The predicted molar refractivity (Wildman–Crippen MR) is 83.2 cm³/mol. The minimum Gasteiger partial charge on any atom is -0.481 e. The van der Waals surface area contributed by atoms with Crippen LogP contribution >= 0.6 is 11.8 Å². The summed E-state index contributed by atoms with van der Waals surface area (Å²) >= 11 is 1.59. The Morgan fingerprint density at radius 1 is 1.40 bits per heavy atom. The van der Waals surface area contributed by atoms with Gasteiger partial charge in [-0.2, -0.15) is 11.8 Å². The van der Waals surface area contributed by atoms with Crippen molar-refractivity contribution < 1.29 is 14.7 Å². The van der Waals surface area contributed by atoms with Crippen LogP contribution < -0.4 is 5.32 Å². The maximum absolute atomic E-state index is 11.7. The standard InChI is InChI=1S/C15H21NO3S/c1-11-5-3-6-13(9-11)16-14(17)7-4-8-20-12(2)10-15(18)19/h3,5-6,9,12H,4,7-8,10H2,1-2H3,(H,16,17)(H,18,19). The van der Waals surface area contributed by atoms with E-state index >= 15 is 0 Å². The molecule has 1 unspecified atom stereocenters. The molecule has 20 heavy (non-hydrogen) atoms. The topological polar surface area (TPSA) is 66.4 Å². The SMILES string of the molecule is Cc1cccc(NC(=O)CCCSC(C)CC(=O)O)c1. The highest BCUT2D eigenvalue weighted by atomic mass is 32.2. The monoisotopic (exact) mass is 295 g/mol. The van der Waals surface area contributed by atoms with Crippen LogP contribution in [0.4, 0.5) is 5.69 Å². The average molecular weight is 295 g/mol. The summed E-state index contributed by atoms with van der Waals surface area (Å²) < 4.78 is 0. The fourth-order valence-corrected chi connectivity index (χ4v) is 2.74. The molecule has 0 radical (unpaired) electrons. The Morgan fingerprint density at radius 3 is 2.80 bits per heavy atom. The van der Waals surface area contributed by atoms with Gasteiger partial charge in [0, 0.05) is 17.4 Å². The summed E-state index contributed by atoms with van der Waals surface area (Å²) in [6.45, 7) is 3.88. The van der Waals surface area contributed by atoms with Crippen LogP contribution in [0.3, 0.4) is 0 Å². The lowest BCUT2D eigenvalue weighted by atomic mass is 10.2. The van der Waals surface area contributed by atoms with Crippen LogP contribution in [0.25, 0.3) is 0 Å². The molecule has 0 aliphatic carbocycles. The van der Waals surface area contributed by atoms with Crippen molar-refractivity contribution in [2.75, 3.05) is 11.1 Å². The summed E-state index contributed by atoms with van der Waals surface area (Å²) in [5.74, 6) is 0.0275. The molecule has 0 saturated carbocycles. The van der Waals surface area contributed by atoms with Gasteiger partial charge in [-0.05, 0) is 36.8 Å². The third-order valence-electron chi connectivity index (χ3n) is 2.71. The van der Waals surface area contributed by atoms with E-state index in [0.717, 1.165) is 23.4 Å². The number of nitrogens with one attached hydrogen (secondary N) is 1. The molecular formula is C15H21NO3S. The van der Waals surface area contributed by atoms with Crippen molar-refractivity contribution in [2.24, 2.45) is 0 Å². The smallest absolute Gasteiger partial charge is 0.304 e. The molecule has 4 nitrogen and oxygen atoms in total. The minimum atomic E-state index is -0.776. The molecule has 0 saturated heterocycles. The largest absolute Gasteiger partial charge is 0.481 e. The molecule has 1 rings (SSSR count). The Bertz CT molecular complexity index is 462.